The molecule has 0 unspecified atom stereocenters. The number of aromatic nitrogens is 1. The van der Waals surface area contributed by atoms with E-state index in [1.54, 1.807) is 43.5 Å². The normalized spacial score (nSPS) is 12.4. The Morgan fingerprint density at radius 2 is 2.00 bits per heavy atom. The number of benzene rings is 1. The van der Waals surface area contributed by atoms with E-state index in [2.05, 4.69) is 4.98 Å². The second-order valence-electron chi connectivity index (χ2n) is 3.61. The summed E-state index contributed by atoms with van der Waals surface area (Å²) in [4.78, 5) is 4.68. The second-order valence-corrected chi connectivity index (χ2v) is 4.64. The Hall–Kier alpha value is -1.39. The Labute approximate surface area is 104 Å². The predicted molar refractivity (Wildman–Crippen MR) is 65.4 cm³/mol. The Bertz CT molecular complexity index is 516. The molecule has 0 aliphatic rings. The molecule has 0 saturated heterocycles. The van der Waals surface area contributed by atoms with Crippen molar-refractivity contribution in [2.45, 2.75) is 22.9 Å². The van der Waals surface area contributed by atoms with Gasteiger partial charge in [-0.25, -0.2) is 9.37 Å². The molecule has 4 heteroatoms. The summed E-state index contributed by atoms with van der Waals surface area (Å²) in [6, 6.07) is 10.1. The number of halogens is 1. The van der Waals surface area contributed by atoms with Crippen LogP contribution in [0.3, 0.4) is 0 Å². The van der Waals surface area contributed by atoms with Gasteiger partial charge >= 0.3 is 0 Å². The van der Waals surface area contributed by atoms with Crippen LogP contribution in [0, 0.1) is 5.82 Å². The third-order valence-corrected chi connectivity index (χ3v) is 3.38. The first-order valence-corrected chi connectivity index (χ1v) is 6.05. The zero-order valence-corrected chi connectivity index (χ0v) is 10.1. The molecule has 2 rings (SSSR count). The summed E-state index contributed by atoms with van der Waals surface area (Å²) in [7, 11) is 0. The molecule has 0 aliphatic heterocycles. The summed E-state index contributed by atoms with van der Waals surface area (Å²) in [5, 5.41) is 10.2. The lowest BCUT2D eigenvalue weighted by molar-refractivity contribution is 0.195. The molecule has 1 atom stereocenters. The van der Waals surface area contributed by atoms with Crippen molar-refractivity contribution in [3.8, 4) is 0 Å². The molecule has 0 saturated carbocycles. The maximum atomic E-state index is 13.5. The van der Waals surface area contributed by atoms with Crippen molar-refractivity contribution in [3.05, 3.63) is 54.0 Å². The van der Waals surface area contributed by atoms with Crippen LogP contribution in [-0.2, 0) is 0 Å². The van der Waals surface area contributed by atoms with E-state index in [1.165, 1.54) is 17.8 Å². The molecule has 88 valence electrons. The quantitative estimate of drug-likeness (QED) is 0.904. The smallest absolute Gasteiger partial charge is 0.137 e. The van der Waals surface area contributed by atoms with Gasteiger partial charge in [0.25, 0.3) is 0 Å². The van der Waals surface area contributed by atoms with Crippen LogP contribution in [0.4, 0.5) is 4.39 Å². The molecular formula is C13H12FNOS. The SMILES string of the molecule is C[C@H](O)c1cccnc1Sc1ccccc1F. The fourth-order valence-corrected chi connectivity index (χ4v) is 2.43. The van der Waals surface area contributed by atoms with E-state index >= 15 is 0 Å². The van der Waals surface area contributed by atoms with E-state index in [9.17, 15) is 9.50 Å². The predicted octanol–water partition coefficient (Wildman–Crippen LogP) is 3.43. The Balaban J connectivity index is 2.34. The van der Waals surface area contributed by atoms with Crippen molar-refractivity contribution < 1.29 is 9.50 Å². The molecule has 17 heavy (non-hydrogen) atoms. The number of hydrogen-bond acceptors (Lipinski definition) is 3. The summed E-state index contributed by atoms with van der Waals surface area (Å²) < 4.78 is 13.5. The molecule has 1 aromatic carbocycles. The minimum Gasteiger partial charge on any atom is -0.389 e. The summed E-state index contributed by atoms with van der Waals surface area (Å²) in [6.45, 7) is 1.67. The summed E-state index contributed by atoms with van der Waals surface area (Å²) in [5.41, 5.74) is 0.709. The maximum Gasteiger partial charge on any atom is 0.137 e. The zero-order chi connectivity index (χ0) is 12.3. The lowest BCUT2D eigenvalue weighted by atomic mass is 10.2. The third-order valence-electron chi connectivity index (χ3n) is 2.29. The van der Waals surface area contributed by atoms with Crippen LogP contribution in [-0.4, -0.2) is 10.1 Å². The van der Waals surface area contributed by atoms with Crippen LogP contribution in [0.2, 0.25) is 0 Å². The highest BCUT2D eigenvalue weighted by molar-refractivity contribution is 7.99. The zero-order valence-electron chi connectivity index (χ0n) is 9.30. The first-order chi connectivity index (χ1) is 8.18. The maximum absolute atomic E-state index is 13.5. The van der Waals surface area contributed by atoms with Gasteiger partial charge in [0, 0.05) is 16.7 Å². The Morgan fingerprint density at radius 3 is 2.71 bits per heavy atom. The van der Waals surface area contributed by atoms with Gasteiger partial charge in [-0.1, -0.05) is 30.0 Å². The van der Waals surface area contributed by atoms with Crippen molar-refractivity contribution in [1.29, 1.82) is 0 Å². The molecular weight excluding hydrogens is 237 g/mol. The van der Waals surface area contributed by atoms with E-state index < -0.39 is 6.10 Å². The van der Waals surface area contributed by atoms with Gasteiger partial charge < -0.3 is 5.11 Å². The number of hydrogen-bond donors (Lipinski definition) is 1. The largest absolute Gasteiger partial charge is 0.389 e. The number of rotatable bonds is 3. The van der Waals surface area contributed by atoms with Gasteiger partial charge in [0.15, 0.2) is 0 Å². The van der Waals surface area contributed by atoms with E-state index in [0.717, 1.165) is 0 Å². The lowest BCUT2D eigenvalue weighted by Crippen LogP contribution is -1.96. The second kappa shape index (κ2) is 5.29. The van der Waals surface area contributed by atoms with Crippen molar-refractivity contribution >= 4 is 11.8 Å². The van der Waals surface area contributed by atoms with Gasteiger partial charge in [-0.15, -0.1) is 0 Å². The number of aliphatic hydroxyl groups excluding tert-OH is 1. The Morgan fingerprint density at radius 1 is 1.24 bits per heavy atom. The standard InChI is InChI=1S/C13H12FNOS/c1-9(16)10-5-4-8-15-13(10)17-12-7-3-2-6-11(12)14/h2-9,16H,1H3/t9-/m0/s1. The van der Waals surface area contributed by atoms with Gasteiger partial charge in [-0.2, -0.15) is 0 Å². The van der Waals surface area contributed by atoms with Crippen LogP contribution in [0.5, 0.6) is 0 Å². The summed E-state index contributed by atoms with van der Waals surface area (Å²) in [6.07, 6.45) is 1.02. The summed E-state index contributed by atoms with van der Waals surface area (Å²) >= 11 is 1.22. The fraction of sp³-hybridized carbons (Fsp3) is 0.154. The van der Waals surface area contributed by atoms with Gasteiger partial charge in [-0.05, 0) is 25.1 Å². The van der Waals surface area contributed by atoms with Gasteiger partial charge in [-0.3, -0.25) is 0 Å². The molecule has 0 radical (unpaired) electrons. The topological polar surface area (TPSA) is 33.1 Å². The number of nitrogens with zero attached hydrogens (tertiary/aromatic N) is 1. The van der Waals surface area contributed by atoms with Crippen LogP contribution < -0.4 is 0 Å². The fourth-order valence-electron chi connectivity index (χ4n) is 1.44. The van der Waals surface area contributed by atoms with Gasteiger partial charge in [0.05, 0.1) is 6.10 Å². The van der Waals surface area contributed by atoms with Gasteiger partial charge in [0.1, 0.15) is 10.8 Å². The Kier molecular flexibility index (Phi) is 3.76. The molecule has 1 N–H and O–H groups in total. The first-order valence-electron chi connectivity index (χ1n) is 5.24. The van der Waals surface area contributed by atoms with E-state index in [-0.39, 0.29) is 5.82 Å². The molecule has 0 fully saturated rings. The first kappa shape index (κ1) is 12.1. The van der Waals surface area contributed by atoms with Crippen molar-refractivity contribution in [3.63, 3.8) is 0 Å². The summed E-state index contributed by atoms with van der Waals surface area (Å²) in [5.74, 6) is -0.278. The minimum absolute atomic E-state index is 0.278. The van der Waals surface area contributed by atoms with Crippen LogP contribution >= 0.6 is 11.8 Å². The molecule has 1 heterocycles. The molecule has 0 spiro atoms. The molecule has 0 aliphatic carbocycles. The third kappa shape index (κ3) is 2.84. The molecule has 2 nitrogen and oxygen atoms in total. The highest BCUT2D eigenvalue weighted by Crippen LogP contribution is 2.32. The van der Waals surface area contributed by atoms with Crippen LogP contribution in [0.15, 0.2) is 52.5 Å². The highest BCUT2D eigenvalue weighted by atomic mass is 32.2. The van der Waals surface area contributed by atoms with E-state index in [4.69, 9.17) is 0 Å². The minimum atomic E-state index is -0.613. The van der Waals surface area contributed by atoms with Gasteiger partial charge in [0.2, 0.25) is 0 Å². The highest BCUT2D eigenvalue weighted by Gasteiger charge is 2.11. The lowest BCUT2D eigenvalue weighted by Gasteiger charge is -2.10. The van der Waals surface area contributed by atoms with Crippen LogP contribution in [0.1, 0.15) is 18.6 Å². The molecule has 0 amide bonds. The van der Waals surface area contributed by atoms with Crippen LogP contribution in [0.25, 0.3) is 0 Å². The average molecular weight is 249 g/mol. The number of pyridine rings is 1. The molecule has 2 aromatic rings. The molecule has 0 bridgehead atoms. The van der Waals surface area contributed by atoms with Crippen molar-refractivity contribution in [2.75, 3.05) is 0 Å². The van der Waals surface area contributed by atoms with E-state index in [1.807, 2.05) is 0 Å². The molecule has 1 aromatic heterocycles. The number of aliphatic hydroxyl groups is 1. The van der Waals surface area contributed by atoms with Crippen molar-refractivity contribution in [2.24, 2.45) is 0 Å². The van der Waals surface area contributed by atoms with E-state index in [0.29, 0.717) is 15.5 Å². The monoisotopic (exact) mass is 249 g/mol. The van der Waals surface area contributed by atoms with Crippen molar-refractivity contribution in [1.82, 2.24) is 4.98 Å². The average Bonchev–Trinajstić information content (AvgIpc) is 2.32.